The van der Waals surface area contributed by atoms with E-state index in [-0.39, 0.29) is 5.56 Å². The maximum Gasteiger partial charge on any atom is 0.337 e. The normalized spacial score (nSPS) is 10.0. The number of aromatic carboxylic acids is 1. The number of carbonyl (C=O) groups excluding carboxylic acids is 1. The number of pyridine rings is 1. The Hall–Kier alpha value is -2.89. The molecule has 0 fully saturated rings. The molecule has 0 saturated heterocycles. The molecule has 1 heterocycles. The second-order valence-electron chi connectivity index (χ2n) is 4.50. The molecule has 2 N–H and O–H groups in total. The zero-order valence-corrected chi connectivity index (χ0v) is 11.7. The Bertz CT molecular complexity index is 671. The number of benzene rings is 1. The number of urea groups is 1. The molecule has 0 aliphatic rings. The van der Waals surface area contributed by atoms with Crippen LogP contribution in [0.15, 0.2) is 42.7 Å². The summed E-state index contributed by atoms with van der Waals surface area (Å²) in [6.07, 6.45) is 3.16. The summed E-state index contributed by atoms with van der Waals surface area (Å²) in [7, 11) is 1.59. The van der Waals surface area contributed by atoms with Gasteiger partial charge in [0.05, 0.1) is 23.1 Å². The minimum absolute atomic E-state index is 0.0583. The summed E-state index contributed by atoms with van der Waals surface area (Å²) >= 11 is 0. The number of nitrogens with zero attached hydrogens (tertiary/aromatic N) is 2. The minimum Gasteiger partial charge on any atom is -0.478 e. The van der Waals surface area contributed by atoms with Crippen LogP contribution in [0.3, 0.4) is 0 Å². The third-order valence-corrected chi connectivity index (χ3v) is 3.07. The molecule has 1 aromatic carbocycles. The van der Waals surface area contributed by atoms with E-state index in [4.69, 9.17) is 0 Å². The van der Waals surface area contributed by atoms with Crippen molar-refractivity contribution in [1.29, 1.82) is 0 Å². The lowest BCUT2D eigenvalue weighted by atomic mass is 10.1. The van der Waals surface area contributed by atoms with Crippen LogP contribution >= 0.6 is 0 Å². The highest BCUT2D eigenvalue weighted by Gasteiger charge is 2.17. The van der Waals surface area contributed by atoms with Crippen molar-refractivity contribution in [3.63, 3.8) is 0 Å². The predicted octanol–water partition coefficient (Wildman–Crippen LogP) is 2.76. The van der Waals surface area contributed by atoms with Crippen LogP contribution < -0.4 is 10.2 Å². The van der Waals surface area contributed by atoms with E-state index >= 15 is 0 Å². The number of carboxylic acid groups (broad SMARTS) is 1. The van der Waals surface area contributed by atoms with E-state index in [0.717, 1.165) is 0 Å². The Labute approximate surface area is 122 Å². The quantitative estimate of drug-likeness (QED) is 0.908. The van der Waals surface area contributed by atoms with E-state index < -0.39 is 12.0 Å². The third kappa shape index (κ3) is 3.17. The molecule has 21 heavy (non-hydrogen) atoms. The SMILES string of the molecule is Cc1cccc(C(=O)O)c1NC(=O)N(C)c1cccnc1. The van der Waals surface area contributed by atoms with Crippen LogP contribution in [0.5, 0.6) is 0 Å². The third-order valence-electron chi connectivity index (χ3n) is 3.07. The van der Waals surface area contributed by atoms with Gasteiger partial charge in [0.1, 0.15) is 0 Å². The maximum absolute atomic E-state index is 12.2. The van der Waals surface area contributed by atoms with Gasteiger partial charge in [-0.2, -0.15) is 0 Å². The highest BCUT2D eigenvalue weighted by molar-refractivity contribution is 6.06. The summed E-state index contributed by atoms with van der Waals surface area (Å²) in [6.45, 7) is 1.74. The van der Waals surface area contributed by atoms with Crippen LogP contribution in [0, 0.1) is 6.92 Å². The summed E-state index contributed by atoms with van der Waals surface area (Å²) in [5.41, 5.74) is 1.65. The molecule has 0 spiro atoms. The molecule has 6 heteroatoms. The minimum atomic E-state index is -1.09. The highest BCUT2D eigenvalue weighted by atomic mass is 16.4. The number of rotatable bonds is 3. The van der Waals surface area contributed by atoms with Crippen molar-refractivity contribution >= 4 is 23.4 Å². The molecule has 2 amide bonds. The fourth-order valence-electron chi connectivity index (χ4n) is 1.87. The molecule has 0 aliphatic heterocycles. The summed E-state index contributed by atoms with van der Waals surface area (Å²) in [4.78, 5) is 28.8. The first-order valence-electron chi connectivity index (χ1n) is 6.28. The Balaban J connectivity index is 2.26. The van der Waals surface area contributed by atoms with E-state index in [2.05, 4.69) is 10.3 Å². The van der Waals surface area contributed by atoms with Gasteiger partial charge in [0.15, 0.2) is 0 Å². The number of hydrogen-bond acceptors (Lipinski definition) is 3. The molecule has 108 valence electrons. The maximum atomic E-state index is 12.2. The van der Waals surface area contributed by atoms with E-state index in [1.165, 1.54) is 11.0 Å². The van der Waals surface area contributed by atoms with Crippen molar-refractivity contribution in [3.05, 3.63) is 53.9 Å². The van der Waals surface area contributed by atoms with Gasteiger partial charge in [0.2, 0.25) is 0 Å². The molecule has 2 aromatic rings. The Morgan fingerprint density at radius 1 is 1.24 bits per heavy atom. The molecule has 2 rings (SSSR count). The van der Waals surface area contributed by atoms with Gasteiger partial charge < -0.3 is 10.4 Å². The number of carboxylic acids is 1. The van der Waals surface area contributed by atoms with E-state index in [1.54, 1.807) is 50.6 Å². The topological polar surface area (TPSA) is 82.5 Å². The van der Waals surface area contributed by atoms with Crippen molar-refractivity contribution < 1.29 is 14.7 Å². The van der Waals surface area contributed by atoms with E-state index in [0.29, 0.717) is 16.9 Å². The van der Waals surface area contributed by atoms with E-state index in [9.17, 15) is 14.7 Å². The number of amides is 2. The Kier molecular flexibility index (Phi) is 4.18. The van der Waals surface area contributed by atoms with Crippen molar-refractivity contribution in [2.75, 3.05) is 17.3 Å². The van der Waals surface area contributed by atoms with Crippen LogP contribution in [-0.2, 0) is 0 Å². The molecule has 0 atom stereocenters. The summed E-state index contributed by atoms with van der Waals surface area (Å²) < 4.78 is 0. The lowest BCUT2D eigenvalue weighted by molar-refractivity contribution is 0.0698. The van der Waals surface area contributed by atoms with Crippen molar-refractivity contribution in [2.45, 2.75) is 6.92 Å². The van der Waals surface area contributed by atoms with Gasteiger partial charge in [-0.1, -0.05) is 12.1 Å². The van der Waals surface area contributed by atoms with E-state index in [1.807, 2.05) is 0 Å². The van der Waals surface area contributed by atoms with Crippen LogP contribution in [0.2, 0.25) is 0 Å². The number of carbonyl (C=O) groups is 2. The summed E-state index contributed by atoms with van der Waals surface area (Å²) in [5, 5.41) is 11.8. The van der Waals surface area contributed by atoms with Gasteiger partial charge in [0, 0.05) is 13.2 Å². The van der Waals surface area contributed by atoms with Gasteiger partial charge in [0.25, 0.3) is 0 Å². The molecule has 6 nitrogen and oxygen atoms in total. The van der Waals surface area contributed by atoms with Crippen LogP contribution in [0.4, 0.5) is 16.2 Å². The zero-order chi connectivity index (χ0) is 15.4. The number of hydrogen-bond donors (Lipinski definition) is 2. The molecule has 1 aromatic heterocycles. The second kappa shape index (κ2) is 6.04. The number of para-hydroxylation sites is 1. The standard InChI is InChI=1S/C15H15N3O3/c1-10-5-3-7-12(14(19)20)13(10)17-15(21)18(2)11-6-4-8-16-9-11/h3-9H,1-2H3,(H,17,21)(H,19,20). The average molecular weight is 285 g/mol. The van der Waals surface area contributed by atoms with Gasteiger partial charge in [-0.25, -0.2) is 9.59 Å². The first-order chi connectivity index (χ1) is 10.0. The molecular formula is C15H15N3O3. The fourth-order valence-corrected chi connectivity index (χ4v) is 1.87. The number of anilines is 2. The number of aryl methyl sites for hydroxylation is 1. The molecule has 0 bridgehead atoms. The fraction of sp³-hybridized carbons (Fsp3) is 0.133. The first-order valence-corrected chi connectivity index (χ1v) is 6.28. The van der Waals surface area contributed by atoms with Crippen molar-refractivity contribution in [3.8, 4) is 0 Å². The molecule has 0 radical (unpaired) electrons. The lowest BCUT2D eigenvalue weighted by Crippen LogP contribution is -2.32. The Morgan fingerprint density at radius 2 is 2.00 bits per heavy atom. The molecular weight excluding hydrogens is 270 g/mol. The monoisotopic (exact) mass is 285 g/mol. The number of nitrogens with one attached hydrogen (secondary N) is 1. The molecule has 0 saturated carbocycles. The van der Waals surface area contributed by atoms with Gasteiger partial charge in [-0.05, 0) is 30.7 Å². The Morgan fingerprint density at radius 3 is 2.62 bits per heavy atom. The van der Waals surface area contributed by atoms with Crippen molar-refractivity contribution in [2.24, 2.45) is 0 Å². The first kappa shape index (κ1) is 14.5. The second-order valence-corrected chi connectivity index (χ2v) is 4.50. The smallest absolute Gasteiger partial charge is 0.337 e. The lowest BCUT2D eigenvalue weighted by Gasteiger charge is -2.19. The average Bonchev–Trinajstić information content (AvgIpc) is 2.49. The number of aromatic nitrogens is 1. The summed E-state index contributed by atoms with van der Waals surface area (Å²) in [6, 6.07) is 7.86. The van der Waals surface area contributed by atoms with Gasteiger partial charge in [-0.15, -0.1) is 0 Å². The predicted molar refractivity (Wildman–Crippen MR) is 79.8 cm³/mol. The zero-order valence-electron chi connectivity index (χ0n) is 11.7. The largest absolute Gasteiger partial charge is 0.478 e. The van der Waals surface area contributed by atoms with Gasteiger partial charge >= 0.3 is 12.0 Å². The molecule has 0 aliphatic carbocycles. The highest BCUT2D eigenvalue weighted by Crippen LogP contribution is 2.21. The van der Waals surface area contributed by atoms with Crippen molar-refractivity contribution in [1.82, 2.24) is 4.98 Å². The van der Waals surface area contributed by atoms with Crippen LogP contribution in [0.1, 0.15) is 15.9 Å². The summed E-state index contributed by atoms with van der Waals surface area (Å²) in [5.74, 6) is -1.09. The van der Waals surface area contributed by atoms with Crippen LogP contribution in [-0.4, -0.2) is 29.1 Å². The molecule has 0 unspecified atom stereocenters. The van der Waals surface area contributed by atoms with Crippen LogP contribution in [0.25, 0.3) is 0 Å². The van der Waals surface area contributed by atoms with Gasteiger partial charge in [-0.3, -0.25) is 9.88 Å².